The van der Waals surface area contributed by atoms with Gasteiger partial charge in [0, 0.05) is 58.1 Å². The maximum Gasteiger partial charge on any atom is 0.203 e. The van der Waals surface area contributed by atoms with Gasteiger partial charge in [-0.05, 0) is 0 Å². The van der Waals surface area contributed by atoms with Crippen molar-refractivity contribution in [2.24, 2.45) is 0 Å². The van der Waals surface area contributed by atoms with Crippen LogP contribution in [0.3, 0.4) is 0 Å². The van der Waals surface area contributed by atoms with Crippen molar-refractivity contribution in [1.29, 1.82) is 0 Å². The molecule has 0 amide bonds. The molecular formula is C18H22O7S2. The van der Waals surface area contributed by atoms with Crippen molar-refractivity contribution in [1.82, 2.24) is 0 Å². The summed E-state index contributed by atoms with van der Waals surface area (Å²) in [6, 6.07) is 7.23. The maximum atomic E-state index is 5.68. The van der Waals surface area contributed by atoms with E-state index in [1.807, 2.05) is 24.3 Å². The second kappa shape index (κ2) is 10.3. The van der Waals surface area contributed by atoms with E-state index in [4.69, 9.17) is 32.1 Å². The van der Waals surface area contributed by atoms with Gasteiger partial charge in [-0.2, -0.15) is 0 Å². The lowest BCUT2D eigenvalue weighted by Gasteiger charge is -2.14. The second-order valence-electron chi connectivity index (χ2n) is 4.96. The van der Waals surface area contributed by atoms with Gasteiger partial charge in [0.1, 0.15) is 0 Å². The normalized spacial score (nSPS) is 10.3. The highest BCUT2D eigenvalue weighted by molar-refractivity contribution is 8.07. The first-order chi connectivity index (χ1) is 13.1. The van der Waals surface area contributed by atoms with E-state index in [0.29, 0.717) is 34.5 Å². The summed E-state index contributed by atoms with van der Waals surface area (Å²) in [5.74, 6) is 3.28. The first-order valence-corrected chi connectivity index (χ1v) is 9.21. The molecule has 0 fully saturated rings. The predicted molar refractivity (Wildman–Crippen MR) is 105 cm³/mol. The smallest absolute Gasteiger partial charge is 0.203 e. The van der Waals surface area contributed by atoms with Gasteiger partial charge in [0.25, 0.3) is 0 Å². The average Bonchev–Trinajstić information content (AvgIpc) is 2.71. The molecule has 9 heteroatoms. The van der Waals surface area contributed by atoms with Crippen molar-refractivity contribution >= 4 is 24.1 Å². The Morgan fingerprint density at radius 1 is 0.481 bits per heavy atom. The van der Waals surface area contributed by atoms with Crippen LogP contribution in [0.2, 0.25) is 0 Å². The number of hydrogen-bond acceptors (Lipinski definition) is 9. The van der Waals surface area contributed by atoms with Crippen molar-refractivity contribution in [3.63, 3.8) is 0 Å². The molecule has 7 nitrogen and oxygen atoms in total. The molecule has 0 bridgehead atoms. The molecule has 0 radical (unpaired) electrons. The highest BCUT2D eigenvalue weighted by atomic mass is 32.2. The number of hydrogen-bond donors (Lipinski definition) is 0. The number of rotatable bonds is 10. The molecule has 0 saturated carbocycles. The molecule has 0 aliphatic heterocycles. The van der Waals surface area contributed by atoms with Gasteiger partial charge in [-0.3, -0.25) is 0 Å². The minimum absolute atomic E-state index is 0.529. The minimum atomic E-state index is 0.529. The summed E-state index contributed by atoms with van der Waals surface area (Å²) in [6.07, 6.45) is 0. The third-order valence-electron chi connectivity index (χ3n) is 3.54. The molecule has 0 N–H and O–H groups in total. The monoisotopic (exact) mass is 414 g/mol. The summed E-state index contributed by atoms with van der Waals surface area (Å²) in [5, 5.41) is 0. The van der Waals surface area contributed by atoms with Gasteiger partial charge >= 0.3 is 0 Å². The van der Waals surface area contributed by atoms with E-state index in [1.54, 1.807) is 42.7 Å². The standard InChI is InChI=1S/C18H22O7S2/c1-19-13-7-11(8-14(20-2)17(13)23-5)26-25-27-12-9-15(21-3)18(24-6)16(10-12)22-4/h7-10H,1-6H3. The summed E-state index contributed by atoms with van der Waals surface area (Å²) in [4.78, 5) is 1.59. The van der Waals surface area contributed by atoms with Gasteiger partial charge in [0.15, 0.2) is 23.0 Å². The molecule has 0 aliphatic carbocycles. The lowest BCUT2D eigenvalue weighted by atomic mass is 10.3. The van der Waals surface area contributed by atoms with E-state index in [1.165, 1.54) is 0 Å². The maximum absolute atomic E-state index is 5.68. The Balaban J connectivity index is 2.14. The fraction of sp³-hybridized carbons (Fsp3) is 0.333. The Bertz CT molecular complexity index is 654. The Morgan fingerprint density at radius 3 is 1.00 bits per heavy atom. The molecule has 27 heavy (non-hydrogen) atoms. The molecule has 0 aromatic heterocycles. The Hall–Kier alpha value is -2.10. The average molecular weight is 415 g/mol. The molecule has 0 heterocycles. The van der Waals surface area contributed by atoms with Crippen molar-refractivity contribution in [3.8, 4) is 34.5 Å². The molecular weight excluding hydrogens is 392 g/mol. The molecule has 0 saturated heterocycles. The lowest BCUT2D eigenvalue weighted by Crippen LogP contribution is -1.95. The van der Waals surface area contributed by atoms with Gasteiger partial charge in [0.05, 0.1) is 42.7 Å². The molecule has 148 valence electrons. The molecule has 0 atom stereocenters. The molecule has 2 aromatic rings. The van der Waals surface area contributed by atoms with Gasteiger partial charge < -0.3 is 28.4 Å². The zero-order chi connectivity index (χ0) is 19.8. The fourth-order valence-corrected chi connectivity index (χ4v) is 3.69. The van der Waals surface area contributed by atoms with Gasteiger partial charge in [-0.25, -0.2) is 3.63 Å². The van der Waals surface area contributed by atoms with Crippen LogP contribution in [-0.2, 0) is 3.63 Å². The van der Waals surface area contributed by atoms with Crippen LogP contribution in [0.25, 0.3) is 0 Å². The highest BCUT2D eigenvalue weighted by Crippen LogP contribution is 2.44. The lowest BCUT2D eigenvalue weighted by molar-refractivity contribution is 0.323. The van der Waals surface area contributed by atoms with E-state index in [2.05, 4.69) is 0 Å². The van der Waals surface area contributed by atoms with Crippen LogP contribution < -0.4 is 28.4 Å². The summed E-state index contributed by atoms with van der Waals surface area (Å²) in [7, 11) is 9.39. The number of methoxy groups -OCH3 is 6. The molecule has 2 rings (SSSR count). The van der Waals surface area contributed by atoms with Crippen LogP contribution in [0.4, 0.5) is 0 Å². The van der Waals surface area contributed by atoms with Crippen LogP contribution in [-0.4, -0.2) is 42.7 Å². The number of benzene rings is 2. The summed E-state index contributed by atoms with van der Waals surface area (Å²) < 4.78 is 37.7. The van der Waals surface area contributed by atoms with Crippen LogP contribution in [0.5, 0.6) is 34.5 Å². The van der Waals surface area contributed by atoms with E-state index < -0.39 is 0 Å². The first-order valence-electron chi connectivity index (χ1n) is 7.73. The van der Waals surface area contributed by atoms with E-state index in [0.717, 1.165) is 33.9 Å². The SMILES string of the molecule is COc1cc(SOSc2cc(OC)c(OC)c(OC)c2)cc(OC)c1OC. The van der Waals surface area contributed by atoms with Gasteiger partial charge in [-0.15, -0.1) is 0 Å². The third kappa shape index (κ3) is 5.00. The van der Waals surface area contributed by atoms with Crippen molar-refractivity contribution in [2.75, 3.05) is 42.7 Å². The Morgan fingerprint density at radius 2 is 0.778 bits per heavy atom. The summed E-state index contributed by atoms with van der Waals surface area (Å²) in [6.45, 7) is 0. The van der Waals surface area contributed by atoms with Crippen LogP contribution in [0, 0.1) is 0 Å². The Kier molecular flexibility index (Phi) is 8.08. The number of ether oxygens (including phenoxy) is 6. The minimum Gasteiger partial charge on any atom is -0.493 e. The van der Waals surface area contributed by atoms with E-state index in [9.17, 15) is 0 Å². The van der Waals surface area contributed by atoms with Gasteiger partial charge in [-0.1, -0.05) is 0 Å². The molecule has 0 aliphatic rings. The first kappa shape index (κ1) is 21.2. The van der Waals surface area contributed by atoms with E-state index >= 15 is 0 Å². The fourth-order valence-electron chi connectivity index (χ4n) is 2.31. The van der Waals surface area contributed by atoms with Crippen LogP contribution in [0.1, 0.15) is 0 Å². The molecule has 2 aromatic carbocycles. The summed E-state index contributed by atoms with van der Waals surface area (Å²) >= 11 is 2.33. The van der Waals surface area contributed by atoms with Crippen molar-refractivity contribution in [2.45, 2.75) is 9.79 Å². The zero-order valence-corrected chi connectivity index (χ0v) is 17.6. The third-order valence-corrected chi connectivity index (χ3v) is 4.94. The second-order valence-corrected chi connectivity index (χ2v) is 6.78. The van der Waals surface area contributed by atoms with Crippen LogP contribution in [0.15, 0.2) is 34.1 Å². The largest absolute Gasteiger partial charge is 0.493 e. The van der Waals surface area contributed by atoms with Gasteiger partial charge in [0.2, 0.25) is 11.5 Å². The van der Waals surface area contributed by atoms with Crippen molar-refractivity contribution in [3.05, 3.63) is 24.3 Å². The highest BCUT2D eigenvalue weighted by Gasteiger charge is 2.16. The summed E-state index contributed by atoms with van der Waals surface area (Å²) in [5.41, 5.74) is 0. The molecule has 0 spiro atoms. The quantitative estimate of drug-likeness (QED) is 0.524. The van der Waals surface area contributed by atoms with E-state index in [-0.39, 0.29) is 0 Å². The van der Waals surface area contributed by atoms with Crippen LogP contribution >= 0.6 is 24.1 Å². The topological polar surface area (TPSA) is 64.6 Å². The zero-order valence-electron chi connectivity index (χ0n) is 16.0. The Labute approximate surface area is 167 Å². The molecule has 0 unspecified atom stereocenters. The predicted octanol–water partition coefficient (Wildman–Crippen LogP) is 4.47. The van der Waals surface area contributed by atoms with Crippen molar-refractivity contribution < 1.29 is 32.1 Å².